The Morgan fingerprint density at radius 1 is 1.03 bits per heavy atom. The van der Waals surface area contributed by atoms with E-state index < -0.39 is 4.92 Å². The molecule has 0 amide bonds. The third-order valence-electron chi connectivity index (χ3n) is 5.82. The molecule has 1 aromatic heterocycles. The smallest absolute Gasteiger partial charge is 0.312 e. The Labute approximate surface area is 226 Å². The minimum Gasteiger partial charge on any atom is -0.481 e. The number of nitrogens with zero attached hydrogens (tertiary/aromatic N) is 4. The molecule has 0 atom stereocenters. The molecule has 0 fully saturated rings. The summed E-state index contributed by atoms with van der Waals surface area (Å²) < 4.78 is 7.44. The van der Waals surface area contributed by atoms with Gasteiger partial charge in [-0.1, -0.05) is 72.3 Å². The molecule has 8 nitrogen and oxygen atoms in total. The van der Waals surface area contributed by atoms with Crippen molar-refractivity contribution in [3.63, 3.8) is 0 Å². The molecule has 0 spiro atoms. The van der Waals surface area contributed by atoms with Crippen molar-refractivity contribution in [1.82, 2.24) is 9.66 Å². The van der Waals surface area contributed by atoms with E-state index in [1.54, 1.807) is 24.3 Å². The van der Waals surface area contributed by atoms with Crippen LogP contribution < -0.4 is 10.3 Å². The van der Waals surface area contributed by atoms with Gasteiger partial charge in [-0.2, -0.15) is 9.78 Å². The number of para-hydroxylation sites is 1. The third kappa shape index (κ3) is 5.23. The summed E-state index contributed by atoms with van der Waals surface area (Å²) in [5.74, 6) is 0.473. The zero-order chi connectivity index (χ0) is 26.6. The highest BCUT2D eigenvalue weighted by molar-refractivity contribution is 9.10. The number of hydrogen-bond acceptors (Lipinski definition) is 6. The van der Waals surface area contributed by atoms with Crippen molar-refractivity contribution in [2.24, 2.45) is 5.10 Å². The fourth-order valence-corrected chi connectivity index (χ4v) is 4.62. The second-order valence-electron chi connectivity index (χ2n) is 8.57. The Morgan fingerprint density at radius 3 is 2.55 bits per heavy atom. The number of rotatable bonds is 7. The van der Waals surface area contributed by atoms with Gasteiger partial charge in [0.05, 0.1) is 26.5 Å². The number of nitro groups is 1. The number of hydrogen-bond donors (Lipinski definition) is 0. The fourth-order valence-electron chi connectivity index (χ4n) is 4.04. The first-order valence-electron chi connectivity index (χ1n) is 11.7. The Hall–Kier alpha value is -4.63. The van der Waals surface area contributed by atoms with Gasteiger partial charge in [0, 0.05) is 17.2 Å². The fraction of sp³-hybridized carbons (Fsp3) is 0.0690. The van der Waals surface area contributed by atoms with Crippen LogP contribution in [0.4, 0.5) is 5.69 Å². The van der Waals surface area contributed by atoms with Crippen LogP contribution >= 0.6 is 15.9 Å². The van der Waals surface area contributed by atoms with E-state index >= 15 is 0 Å². The number of benzene rings is 4. The van der Waals surface area contributed by atoms with Gasteiger partial charge in [-0.05, 0) is 46.6 Å². The zero-order valence-electron chi connectivity index (χ0n) is 20.2. The molecule has 1 heterocycles. The van der Waals surface area contributed by atoms with E-state index in [2.05, 4.69) is 26.0 Å². The highest BCUT2D eigenvalue weighted by atomic mass is 79.9. The molecule has 9 heteroatoms. The van der Waals surface area contributed by atoms with E-state index in [4.69, 9.17) is 4.74 Å². The lowest BCUT2D eigenvalue weighted by Crippen LogP contribution is -2.20. The predicted octanol–water partition coefficient (Wildman–Crippen LogP) is 6.50. The lowest BCUT2D eigenvalue weighted by Gasteiger charge is -2.11. The predicted molar refractivity (Wildman–Crippen MR) is 151 cm³/mol. The largest absolute Gasteiger partial charge is 0.481 e. The highest BCUT2D eigenvalue weighted by Crippen LogP contribution is 2.36. The van der Waals surface area contributed by atoms with Gasteiger partial charge >= 0.3 is 5.69 Å². The number of halogens is 1. The molecule has 0 aliphatic carbocycles. The lowest BCUT2D eigenvalue weighted by atomic mass is 10.1. The first-order valence-corrected chi connectivity index (χ1v) is 12.5. The summed E-state index contributed by atoms with van der Waals surface area (Å²) in [6, 6.07) is 27.0. The average molecular weight is 569 g/mol. The molecule has 0 N–H and O–H groups in total. The van der Waals surface area contributed by atoms with Gasteiger partial charge in [-0.3, -0.25) is 14.9 Å². The number of aromatic nitrogens is 2. The van der Waals surface area contributed by atoms with Crippen LogP contribution in [0.2, 0.25) is 0 Å². The molecule has 4 aromatic carbocycles. The van der Waals surface area contributed by atoms with Crippen molar-refractivity contribution in [3.8, 4) is 17.1 Å². The normalized spacial score (nSPS) is 11.2. The molecule has 0 radical (unpaired) electrons. The van der Waals surface area contributed by atoms with Gasteiger partial charge in [-0.15, -0.1) is 0 Å². The molecule has 5 rings (SSSR count). The average Bonchev–Trinajstić information content (AvgIpc) is 2.92. The Morgan fingerprint density at radius 2 is 1.79 bits per heavy atom. The number of ether oxygens (including phenoxy) is 1. The van der Waals surface area contributed by atoms with Crippen LogP contribution in [-0.2, 0) is 6.61 Å². The summed E-state index contributed by atoms with van der Waals surface area (Å²) in [7, 11) is 0. The van der Waals surface area contributed by atoms with Crippen LogP contribution in [-0.4, -0.2) is 20.8 Å². The highest BCUT2D eigenvalue weighted by Gasteiger charge is 2.20. The van der Waals surface area contributed by atoms with Crippen molar-refractivity contribution in [1.29, 1.82) is 0 Å². The molecule has 5 aromatic rings. The van der Waals surface area contributed by atoms with Crippen molar-refractivity contribution < 1.29 is 9.66 Å². The lowest BCUT2D eigenvalue weighted by molar-refractivity contribution is -0.386. The van der Waals surface area contributed by atoms with Crippen LogP contribution in [0.15, 0.2) is 105 Å². The monoisotopic (exact) mass is 568 g/mol. The topological polar surface area (TPSA) is 99.6 Å². The summed E-state index contributed by atoms with van der Waals surface area (Å²) in [6.45, 7) is 2.14. The van der Waals surface area contributed by atoms with Crippen LogP contribution in [0.1, 0.15) is 16.7 Å². The molecular weight excluding hydrogens is 548 g/mol. The van der Waals surface area contributed by atoms with Gasteiger partial charge in [-0.25, -0.2) is 4.98 Å². The number of fused-ring (bicyclic) bond motifs is 1. The van der Waals surface area contributed by atoms with Gasteiger partial charge in [0.25, 0.3) is 5.56 Å². The molecular formula is C29H21BrN4O4. The second kappa shape index (κ2) is 10.8. The van der Waals surface area contributed by atoms with Gasteiger partial charge < -0.3 is 4.74 Å². The van der Waals surface area contributed by atoms with E-state index in [0.29, 0.717) is 32.3 Å². The summed E-state index contributed by atoms with van der Waals surface area (Å²) in [5, 5.41) is 16.7. The molecule has 38 heavy (non-hydrogen) atoms. The summed E-state index contributed by atoms with van der Waals surface area (Å²) in [5.41, 5.74) is 3.06. The molecule has 0 unspecified atom stereocenters. The molecule has 0 aliphatic rings. The Kier molecular flexibility index (Phi) is 7.10. The summed E-state index contributed by atoms with van der Waals surface area (Å²) >= 11 is 3.41. The summed E-state index contributed by atoms with van der Waals surface area (Å²) in [4.78, 5) is 29.4. The van der Waals surface area contributed by atoms with Crippen molar-refractivity contribution in [2.75, 3.05) is 0 Å². The minimum atomic E-state index is -0.507. The Balaban J connectivity index is 1.55. The van der Waals surface area contributed by atoms with E-state index in [-0.39, 0.29) is 23.6 Å². The Bertz CT molecular complexity index is 1750. The van der Waals surface area contributed by atoms with Crippen molar-refractivity contribution >= 4 is 38.7 Å². The maximum atomic E-state index is 13.4. The molecule has 0 aliphatic heterocycles. The van der Waals surface area contributed by atoms with Crippen LogP contribution in [0.5, 0.6) is 5.75 Å². The zero-order valence-corrected chi connectivity index (χ0v) is 21.8. The minimum absolute atomic E-state index is 0.114. The molecule has 0 saturated heterocycles. The van der Waals surface area contributed by atoms with Crippen LogP contribution in [0, 0.1) is 17.0 Å². The molecule has 0 bridgehead atoms. The third-order valence-corrected chi connectivity index (χ3v) is 6.41. The first-order chi connectivity index (χ1) is 18.4. The first kappa shape index (κ1) is 25.0. The van der Waals surface area contributed by atoms with Gasteiger partial charge in [0.1, 0.15) is 6.61 Å². The maximum Gasteiger partial charge on any atom is 0.312 e. The van der Waals surface area contributed by atoms with E-state index in [0.717, 1.165) is 11.1 Å². The van der Waals surface area contributed by atoms with Gasteiger partial charge in [0.15, 0.2) is 5.82 Å². The summed E-state index contributed by atoms with van der Waals surface area (Å²) in [6.07, 6.45) is 1.40. The van der Waals surface area contributed by atoms with E-state index in [1.165, 1.54) is 17.0 Å². The van der Waals surface area contributed by atoms with Crippen molar-refractivity contribution in [2.45, 2.75) is 13.5 Å². The maximum absolute atomic E-state index is 13.4. The second-order valence-corrected chi connectivity index (χ2v) is 9.42. The number of nitro benzene ring substituents is 1. The molecule has 188 valence electrons. The van der Waals surface area contributed by atoms with Crippen LogP contribution in [0.25, 0.3) is 22.3 Å². The standard InChI is InChI=1S/C29H21BrN4O4/c1-19-8-7-9-20(14-19)18-38-27-24(30)15-21(16-26(27)34(36)37)17-31-33-28(22-10-3-2-4-11-22)32-25-13-6-5-12-23(25)29(33)35/h2-17H,18H2,1H3. The SMILES string of the molecule is Cc1cccc(COc2c(Br)cc(C=Nn3c(-c4ccccc4)nc4ccccc4c3=O)cc2[N+](=O)[O-])c1. The van der Waals surface area contributed by atoms with E-state index in [9.17, 15) is 14.9 Å². The molecule has 0 saturated carbocycles. The van der Waals surface area contributed by atoms with Crippen molar-refractivity contribution in [3.05, 3.63) is 133 Å². The van der Waals surface area contributed by atoms with E-state index in [1.807, 2.05) is 67.6 Å². The van der Waals surface area contributed by atoms with Crippen LogP contribution in [0.3, 0.4) is 0 Å². The number of aryl methyl sites for hydroxylation is 1. The van der Waals surface area contributed by atoms with Gasteiger partial charge in [0.2, 0.25) is 5.75 Å². The quantitative estimate of drug-likeness (QED) is 0.127.